The van der Waals surface area contributed by atoms with Gasteiger partial charge in [0, 0.05) is 25.8 Å². The van der Waals surface area contributed by atoms with Gasteiger partial charge in [0.1, 0.15) is 0 Å². The standard InChI is InChI=1S/C20H34N2O3Si/c1-20(2,3)26(4,5)25-14-11-18-17(10-8-12-21-18)19(24)22-13-7-6-9-16(22)15-23/h8,10,12,16,23H,6-7,9,11,13-15H2,1-5H3/t16-/m0/s1. The van der Waals surface area contributed by atoms with Crippen molar-refractivity contribution in [3.05, 3.63) is 29.6 Å². The number of piperidine rings is 1. The fraction of sp³-hybridized carbons (Fsp3) is 0.700. The molecule has 1 fully saturated rings. The van der Waals surface area contributed by atoms with Gasteiger partial charge in [-0.2, -0.15) is 0 Å². The van der Waals surface area contributed by atoms with Gasteiger partial charge in [-0.05, 0) is 49.5 Å². The summed E-state index contributed by atoms with van der Waals surface area (Å²) >= 11 is 0. The number of rotatable bonds is 6. The summed E-state index contributed by atoms with van der Waals surface area (Å²) in [7, 11) is -1.81. The number of pyridine rings is 1. The zero-order valence-electron chi connectivity index (χ0n) is 16.9. The summed E-state index contributed by atoms with van der Waals surface area (Å²) in [5.74, 6) is -0.0147. The highest BCUT2D eigenvalue weighted by atomic mass is 28.4. The number of hydrogen-bond acceptors (Lipinski definition) is 4. The van der Waals surface area contributed by atoms with Crippen LogP contribution in [0.25, 0.3) is 0 Å². The first-order chi connectivity index (χ1) is 12.2. The van der Waals surface area contributed by atoms with E-state index in [1.54, 1.807) is 6.20 Å². The average Bonchev–Trinajstić information content (AvgIpc) is 2.60. The molecular weight excluding hydrogens is 344 g/mol. The van der Waals surface area contributed by atoms with E-state index in [1.165, 1.54) is 0 Å². The number of likely N-dealkylation sites (tertiary alicyclic amines) is 1. The van der Waals surface area contributed by atoms with E-state index in [1.807, 2.05) is 17.0 Å². The molecule has 2 rings (SSSR count). The quantitative estimate of drug-likeness (QED) is 0.768. The lowest BCUT2D eigenvalue weighted by molar-refractivity contribution is 0.0501. The summed E-state index contributed by atoms with van der Waals surface area (Å²) in [5.41, 5.74) is 1.44. The summed E-state index contributed by atoms with van der Waals surface area (Å²) in [4.78, 5) is 19.3. The van der Waals surface area contributed by atoms with Crippen LogP contribution in [0.2, 0.25) is 18.1 Å². The third kappa shape index (κ3) is 4.93. The molecule has 1 aliphatic heterocycles. The number of nitrogens with zero attached hydrogens (tertiary/aromatic N) is 2. The minimum Gasteiger partial charge on any atom is -0.416 e. The first-order valence-electron chi connectivity index (χ1n) is 9.67. The van der Waals surface area contributed by atoms with Crippen molar-refractivity contribution >= 4 is 14.2 Å². The van der Waals surface area contributed by atoms with Gasteiger partial charge in [-0.3, -0.25) is 9.78 Å². The summed E-state index contributed by atoms with van der Waals surface area (Å²) in [6.45, 7) is 12.4. The molecule has 1 atom stereocenters. The number of hydrogen-bond donors (Lipinski definition) is 1. The Balaban J connectivity index is 2.09. The maximum absolute atomic E-state index is 13.1. The van der Waals surface area contributed by atoms with Crippen LogP contribution >= 0.6 is 0 Å². The van der Waals surface area contributed by atoms with Gasteiger partial charge >= 0.3 is 0 Å². The zero-order valence-corrected chi connectivity index (χ0v) is 17.9. The van der Waals surface area contributed by atoms with Gasteiger partial charge < -0.3 is 14.4 Å². The molecule has 0 bridgehead atoms. The molecule has 6 heteroatoms. The summed E-state index contributed by atoms with van der Waals surface area (Å²) in [6.07, 6.45) is 5.29. The summed E-state index contributed by atoms with van der Waals surface area (Å²) in [5, 5.41) is 9.77. The molecule has 0 aliphatic carbocycles. The van der Waals surface area contributed by atoms with Crippen LogP contribution in [0.4, 0.5) is 0 Å². The van der Waals surface area contributed by atoms with Crippen LogP contribution in [0.15, 0.2) is 18.3 Å². The van der Waals surface area contributed by atoms with Crippen LogP contribution in [0.5, 0.6) is 0 Å². The Morgan fingerprint density at radius 1 is 1.38 bits per heavy atom. The second kappa shape index (κ2) is 8.63. The Morgan fingerprint density at radius 3 is 2.77 bits per heavy atom. The lowest BCUT2D eigenvalue weighted by Gasteiger charge is -2.36. The van der Waals surface area contributed by atoms with Gasteiger partial charge in [-0.25, -0.2) is 0 Å². The van der Waals surface area contributed by atoms with Gasteiger partial charge in [-0.15, -0.1) is 0 Å². The largest absolute Gasteiger partial charge is 0.416 e. The fourth-order valence-corrected chi connectivity index (χ4v) is 4.11. The maximum atomic E-state index is 13.1. The smallest absolute Gasteiger partial charge is 0.256 e. The monoisotopic (exact) mass is 378 g/mol. The summed E-state index contributed by atoms with van der Waals surface area (Å²) in [6, 6.07) is 3.58. The van der Waals surface area contributed by atoms with Gasteiger partial charge in [-0.1, -0.05) is 20.8 Å². The van der Waals surface area contributed by atoms with Crippen molar-refractivity contribution in [3.63, 3.8) is 0 Å². The molecule has 0 radical (unpaired) electrons. The third-order valence-electron chi connectivity index (χ3n) is 5.83. The van der Waals surface area contributed by atoms with Crippen molar-refractivity contribution in [1.82, 2.24) is 9.88 Å². The van der Waals surface area contributed by atoms with E-state index in [0.29, 0.717) is 25.1 Å². The molecule has 1 aliphatic rings. The summed E-state index contributed by atoms with van der Waals surface area (Å²) < 4.78 is 6.25. The van der Waals surface area contributed by atoms with E-state index in [2.05, 4.69) is 38.8 Å². The normalized spacial score (nSPS) is 18.8. The molecule has 146 valence electrons. The third-order valence-corrected chi connectivity index (χ3v) is 10.4. The lowest BCUT2D eigenvalue weighted by atomic mass is 10.0. The van der Waals surface area contributed by atoms with Crippen molar-refractivity contribution in [2.75, 3.05) is 19.8 Å². The first kappa shape index (κ1) is 21.1. The minimum atomic E-state index is -1.81. The second-order valence-corrected chi connectivity index (χ2v) is 13.5. The van der Waals surface area contributed by atoms with Gasteiger partial charge in [0.2, 0.25) is 0 Å². The molecular formula is C20H34N2O3Si. The minimum absolute atomic E-state index is 0.0147. The Labute approximate surface area is 158 Å². The topological polar surface area (TPSA) is 62.7 Å². The van der Waals surface area contributed by atoms with E-state index < -0.39 is 8.32 Å². The molecule has 5 nitrogen and oxygen atoms in total. The second-order valence-electron chi connectivity index (χ2n) is 8.69. The fourth-order valence-electron chi connectivity index (χ4n) is 3.06. The number of aliphatic hydroxyl groups is 1. The van der Waals surface area contributed by atoms with E-state index in [0.717, 1.165) is 25.0 Å². The molecule has 1 N–H and O–H groups in total. The molecule has 0 spiro atoms. The van der Waals surface area contributed by atoms with Crippen LogP contribution < -0.4 is 0 Å². The Hall–Kier alpha value is -1.24. The highest BCUT2D eigenvalue weighted by molar-refractivity contribution is 6.74. The number of aliphatic hydroxyl groups excluding tert-OH is 1. The highest BCUT2D eigenvalue weighted by Gasteiger charge is 2.37. The van der Waals surface area contributed by atoms with Crippen LogP contribution in [0.1, 0.15) is 56.1 Å². The van der Waals surface area contributed by atoms with Crippen molar-refractivity contribution in [2.45, 2.75) is 70.6 Å². The zero-order chi connectivity index (χ0) is 19.4. The average molecular weight is 379 g/mol. The molecule has 1 amide bonds. The number of carbonyl (C=O) groups is 1. The molecule has 1 aromatic heterocycles. The van der Waals surface area contributed by atoms with E-state index in [9.17, 15) is 9.90 Å². The lowest BCUT2D eigenvalue weighted by Crippen LogP contribution is -2.46. The number of carbonyl (C=O) groups excluding carboxylic acids is 1. The van der Waals surface area contributed by atoms with Crippen molar-refractivity contribution in [1.29, 1.82) is 0 Å². The van der Waals surface area contributed by atoms with E-state index in [4.69, 9.17) is 4.43 Å². The molecule has 2 heterocycles. The van der Waals surface area contributed by atoms with E-state index >= 15 is 0 Å². The molecule has 0 unspecified atom stereocenters. The van der Waals surface area contributed by atoms with Crippen LogP contribution in [-0.4, -0.2) is 55.0 Å². The van der Waals surface area contributed by atoms with Crippen LogP contribution in [0.3, 0.4) is 0 Å². The Bertz CT molecular complexity index is 613. The molecule has 0 aromatic carbocycles. The van der Waals surface area contributed by atoms with Crippen molar-refractivity contribution in [2.24, 2.45) is 0 Å². The number of aromatic nitrogens is 1. The van der Waals surface area contributed by atoms with Crippen LogP contribution in [-0.2, 0) is 10.8 Å². The SMILES string of the molecule is CC(C)(C)[Si](C)(C)OCCc1ncccc1C(=O)N1CCCC[C@H]1CO. The van der Waals surface area contributed by atoms with Crippen molar-refractivity contribution < 1.29 is 14.3 Å². The molecule has 26 heavy (non-hydrogen) atoms. The van der Waals surface area contributed by atoms with Gasteiger partial charge in [0.15, 0.2) is 8.32 Å². The van der Waals surface area contributed by atoms with Gasteiger partial charge in [0.25, 0.3) is 5.91 Å². The van der Waals surface area contributed by atoms with Crippen molar-refractivity contribution in [3.8, 4) is 0 Å². The Morgan fingerprint density at radius 2 is 2.12 bits per heavy atom. The first-order valence-corrected chi connectivity index (χ1v) is 12.6. The predicted molar refractivity (Wildman–Crippen MR) is 107 cm³/mol. The number of amides is 1. The molecule has 1 saturated heterocycles. The maximum Gasteiger partial charge on any atom is 0.256 e. The van der Waals surface area contributed by atoms with Crippen LogP contribution in [0, 0.1) is 0 Å². The highest BCUT2D eigenvalue weighted by Crippen LogP contribution is 2.36. The molecule has 1 aromatic rings. The Kier molecular flexibility index (Phi) is 6.99. The predicted octanol–water partition coefficient (Wildman–Crippen LogP) is 3.63. The van der Waals surface area contributed by atoms with E-state index in [-0.39, 0.29) is 23.6 Å². The van der Waals surface area contributed by atoms with Gasteiger partial charge in [0.05, 0.1) is 23.9 Å². The molecule has 0 saturated carbocycles.